The summed E-state index contributed by atoms with van der Waals surface area (Å²) in [6.45, 7) is 0. The van der Waals surface area contributed by atoms with E-state index in [0.717, 1.165) is 15.7 Å². The van der Waals surface area contributed by atoms with E-state index in [1.165, 1.54) is 28.5 Å². The fourth-order valence-corrected chi connectivity index (χ4v) is 3.28. The number of non-ortho nitro benzene ring substituents is 1. The average molecular weight is 418 g/mol. The summed E-state index contributed by atoms with van der Waals surface area (Å²) in [5.41, 5.74) is 1.49. The molecular formula is C17H12BrN3O3S. The van der Waals surface area contributed by atoms with Crippen LogP contribution in [-0.4, -0.2) is 14.5 Å². The van der Waals surface area contributed by atoms with E-state index in [0.29, 0.717) is 10.8 Å². The van der Waals surface area contributed by atoms with E-state index in [4.69, 9.17) is 0 Å². The zero-order valence-electron chi connectivity index (χ0n) is 12.8. The molecule has 0 N–H and O–H groups in total. The van der Waals surface area contributed by atoms with Crippen LogP contribution >= 0.6 is 27.7 Å². The molecule has 0 amide bonds. The van der Waals surface area contributed by atoms with Gasteiger partial charge in [-0.05, 0) is 29.8 Å². The van der Waals surface area contributed by atoms with Crippen molar-refractivity contribution in [2.24, 2.45) is 0 Å². The molecule has 0 bridgehead atoms. The summed E-state index contributed by atoms with van der Waals surface area (Å²) >= 11 is 4.67. The molecule has 25 heavy (non-hydrogen) atoms. The van der Waals surface area contributed by atoms with Gasteiger partial charge in [-0.1, -0.05) is 39.8 Å². The molecule has 0 aliphatic heterocycles. The largest absolute Gasteiger partial charge is 0.287 e. The first kappa shape index (κ1) is 17.4. The van der Waals surface area contributed by atoms with Crippen LogP contribution in [0, 0.1) is 10.1 Å². The molecule has 3 rings (SSSR count). The Balaban J connectivity index is 1.79. The smallest absolute Gasteiger partial charge is 0.280 e. The lowest BCUT2D eigenvalue weighted by atomic mass is 10.2. The minimum Gasteiger partial charge on any atom is -0.280 e. The lowest BCUT2D eigenvalue weighted by molar-refractivity contribution is -0.384. The molecule has 1 aromatic heterocycles. The number of nitrogens with zero attached hydrogens (tertiary/aromatic N) is 3. The maximum absolute atomic E-state index is 12.6. The van der Waals surface area contributed by atoms with Crippen LogP contribution in [0.4, 0.5) is 5.69 Å². The zero-order chi connectivity index (χ0) is 17.8. The molecule has 3 aromatic rings. The monoisotopic (exact) mass is 417 g/mol. The van der Waals surface area contributed by atoms with Crippen LogP contribution in [0.2, 0.25) is 0 Å². The van der Waals surface area contributed by atoms with Crippen LogP contribution in [0.25, 0.3) is 5.69 Å². The van der Waals surface area contributed by atoms with Crippen LogP contribution in [0.15, 0.2) is 75.2 Å². The molecule has 0 spiro atoms. The third-order valence-corrected chi connectivity index (χ3v) is 5.00. The summed E-state index contributed by atoms with van der Waals surface area (Å²) in [5, 5.41) is 11.1. The SMILES string of the molecule is O=c1c(SCc2ccc([N+](=O)[O-])cc2)nccn1-c1ccc(Br)cc1. The predicted molar refractivity (Wildman–Crippen MR) is 100 cm³/mol. The van der Waals surface area contributed by atoms with Gasteiger partial charge in [0.25, 0.3) is 11.2 Å². The van der Waals surface area contributed by atoms with Crippen molar-refractivity contribution in [3.8, 4) is 5.69 Å². The van der Waals surface area contributed by atoms with E-state index < -0.39 is 4.92 Å². The standard InChI is InChI=1S/C17H12BrN3O3S/c18-13-3-7-14(8-4-13)20-10-9-19-16(17(20)22)25-11-12-1-5-15(6-2-12)21(23)24/h1-10H,11H2. The number of benzene rings is 2. The lowest BCUT2D eigenvalue weighted by Crippen LogP contribution is -2.20. The van der Waals surface area contributed by atoms with Gasteiger partial charge in [-0.3, -0.25) is 19.5 Å². The Kier molecular flexibility index (Phi) is 5.30. The van der Waals surface area contributed by atoms with Crippen LogP contribution in [-0.2, 0) is 5.75 Å². The molecule has 126 valence electrons. The lowest BCUT2D eigenvalue weighted by Gasteiger charge is -2.07. The molecule has 8 heteroatoms. The van der Waals surface area contributed by atoms with Gasteiger partial charge in [0.05, 0.1) is 4.92 Å². The van der Waals surface area contributed by atoms with Crippen LogP contribution in [0.3, 0.4) is 0 Å². The fourth-order valence-electron chi connectivity index (χ4n) is 2.16. The highest BCUT2D eigenvalue weighted by atomic mass is 79.9. The molecule has 0 saturated carbocycles. The number of nitro benzene ring substituents is 1. The zero-order valence-corrected chi connectivity index (χ0v) is 15.2. The van der Waals surface area contributed by atoms with Crippen molar-refractivity contribution in [2.75, 3.05) is 0 Å². The minimum absolute atomic E-state index is 0.0455. The van der Waals surface area contributed by atoms with E-state index in [-0.39, 0.29) is 11.2 Å². The van der Waals surface area contributed by atoms with Crippen LogP contribution in [0.5, 0.6) is 0 Å². The quantitative estimate of drug-likeness (QED) is 0.353. The van der Waals surface area contributed by atoms with Gasteiger partial charge in [0, 0.05) is 40.4 Å². The van der Waals surface area contributed by atoms with E-state index in [1.807, 2.05) is 24.3 Å². The van der Waals surface area contributed by atoms with Gasteiger partial charge in [-0.15, -0.1) is 0 Å². The van der Waals surface area contributed by atoms with Crippen molar-refractivity contribution in [2.45, 2.75) is 10.8 Å². The predicted octanol–water partition coefficient (Wildman–Crippen LogP) is 4.20. The third-order valence-electron chi connectivity index (χ3n) is 3.44. The average Bonchev–Trinajstić information content (AvgIpc) is 2.62. The molecule has 0 aliphatic carbocycles. The fraction of sp³-hybridized carbons (Fsp3) is 0.0588. The topological polar surface area (TPSA) is 78.0 Å². The van der Waals surface area contributed by atoms with Gasteiger partial charge >= 0.3 is 0 Å². The number of hydrogen-bond donors (Lipinski definition) is 0. The number of nitro groups is 1. The summed E-state index contributed by atoms with van der Waals surface area (Å²) in [7, 11) is 0. The summed E-state index contributed by atoms with van der Waals surface area (Å²) in [6, 6.07) is 13.7. The first-order chi connectivity index (χ1) is 12.0. The second-order valence-corrected chi connectivity index (χ2v) is 6.98. The molecule has 0 unspecified atom stereocenters. The molecule has 2 aromatic carbocycles. The van der Waals surface area contributed by atoms with Crippen molar-refractivity contribution in [3.63, 3.8) is 0 Å². The Labute approximate surface area is 155 Å². The summed E-state index contributed by atoms with van der Waals surface area (Å²) in [4.78, 5) is 27.0. The van der Waals surface area contributed by atoms with Gasteiger partial charge in [0.2, 0.25) is 0 Å². The number of halogens is 1. The van der Waals surface area contributed by atoms with Gasteiger partial charge in [0.1, 0.15) is 0 Å². The molecule has 0 fully saturated rings. The van der Waals surface area contributed by atoms with Crippen molar-refractivity contribution >= 4 is 33.4 Å². The first-order valence-electron chi connectivity index (χ1n) is 7.24. The van der Waals surface area contributed by atoms with Crippen LogP contribution < -0.4 is 5.56 Å². The second kappa shape index (κ2) is 7.62. The Morgan fingerprint density at radius 3 is 2.44 bits per heavy atom. The van der Waals surface area contributed by atoms with Crippen LogP contribution in [0.1, 0.15) is 5.56 Å². The van der Waals surface area contributed by atoms with Crippen molar-refractivity contribution < 1.29 is 4.92 Å². The second-order valence-electron chi connectivity index (χ2n) is 5.10. The normalized spacial score (nSPS) is 10.6. The number of thioether (sulfide) groups is 1. The molecule has 0 radical (unpaired) electrons. The van der Waals surface area contributed by atoms with Crippen molar-refractivity contribution in [1.82, 2.24) is 9.55 Å². The van der Waals surface area contributed by atoms with Crippen molar-refractivity contribution in [1.29, 1.82) is 0 Å². The summed E-state index contributed by atoms with van der Waals surface area (Å²) in [5.74, 6) is 0.505. The molecule has 6 nitrogen and oxygen atoms in total. The summed E-state index contributed by atoms with van der Waals surface area (Å²) in [6.07, 6.45) is 3.21. The number of aromatic nitrogens is 2. The first-order valence-corrected chi connectivity index (χ1v) is 9.02. The Morgan fingerprint density at radius 2 is 1.80 bits per heavy atom. The van der Waals surface area contributed by atoms with Gasteiger partial charge in [-0.2, -0.15) is 0 Å². The van der Waals surface area contributed by atoms with E-state index in [1.54, 1.807) is 24.5 Å². The Hall–Kier alpha value is -2.45. The minimum atomic E-state index is -0.438. The highest BCUT2D eigenvalue weighted by molar-refractivity contribution is 9.10. The maximum Gasteiger partial charge on any atom is 0.287 e. The highest BCUT2D eigenvalue weighted by Crippen LogP contribution is 2.21. The molecular weight excluding hydrogens is 406 g/mol. The van der Waals surface area contributed by atoms with Gasteiger partial charge in [0.15, 0.2) is 5.03 Å². The molecule has 1 heterocycles. The van der Waals surface area contributed by atoms with Crippen molar-refractivity contribution in [3.05, 3.63) is 91.4 Å². The van der Waals surface area contributed by atoms with E-state index in [2.05, 4.69) is 20.9 Å². The maximum atomic E-state index is 12.6. The van der Waals surface area contributed by atoms with Gasteiger partial charge < -0.3 is 0 Å². The third kappa shape index (κ3) is 4.15. The van der Waals surface area contributed by atoms with E-state index in [9.17, 15) is 14.9 Å². The number of rotatable bonds is 5. The summed E-state index contributed by atoms with van der Waals surface area (Å²) < 4.78 is 2.48. The van der Waals surface area contributed by atoms with E-state index >= 15 is 0 Å². The molecule has 0 saturated heterocycles. The number of hydrogen-bond acceptors (Lipinski definition) is 5. The highest BCUT2D eigenvalue weighted by Gasteiger charge is 2.09. The Morgan fingerprint density at radius 1 is 1.12 bits per heavy atom. The van der Waals surface area contributed by atoms with Gasteiger partial charge in [-0.25, -0.2) is 4.98 Å². The Bertz CT molecular complexity index is 956. The molecule has 0 aliphatic rings. The molecule has 0 atom stereocenters.